The Balaban J connectivity index is 1.57. The first kappa shape index (κ1) is 21.6. The fraction of sp³-hybridized carbons (Fsp3) is 0.280. The number of anilines is 1. The number of nitrogens with one attached hydrogen (secondary N) is 1. The second-order valence-electron chi connectivity index (χ2n) is 8.59. The summed E-state index contributed by atoms with van der Waals surface area (Å²) in [7, 11) is 2.13. The van der Waals surface area contributed by atoms with Gasteiger partial charge in [0.25, 0.3) is 11.1 Å². The van der Waals surface area contributed by atoms with Gasteiger partial charge >= 0.3 is 0 Å². The van der Waals surface area contributed by atoms with Crippen LogP contribution in [0.25, 0.3) is 16.6 Å². The molecule has 8 heteroatoms. The van der Waals surface area contributed by atoms with E-state index >= 15 is 0 Å². The highest BCUT2D eigenvalue weighted by atomic mass is 35.5. The first-order valence-corrected chi connectivity index (χ1v) is 11.4. The zero-order valence-corrected chi connectivity index (χ0v) is 19.5. The second-order valence-corrected chi connectivity index (χ2v) is 9.03. The molecule has 2 aromatic heterocycles. The number of halogens is 1. The summed E-state index contributed by atoms with van der Waals surface area (Å²) in [5.74, 6) is 0. The van der Waals surface area contributed by atoms with Crippen molar-refractivity contribution in [2.45, 2.75) is 13.5 Å². The molecule has 1 aliphatic rings. The Kier molecular flexibility index (Phi) is 5.60. The third-order valence-electron chi connectivity index (χ3n) is 6.45. The fourth-order valence-corrected chi connectivity index (χ4v) is 4.76. The Hall–Kier alpha value is -3.29. The SMILES string of the molecule is Cc1c2c(=O)n(-c3cccc(Cl)c3)[nH]c2cc(=O)n1Cc1ccccc1N1CCN(C)CC1. The van der Waals surface area contributed by atoms with Crippen LogP contribution < -0.4 is 16.0 Å². The third-order valence-corrected chi connectivity index (χ3v) is 6.68. The highest BCUT2D eigenvalue weighted by Crippen LogP contribution is 2.24. The summed E-state index contributed by atoms with van der Waals surface area (Å²) in [5.41, 5.74) is 3.65. The van der Waals surface area contributed by atoms with E-state index in [1.54, 1.807) is 28.8 Å². The average molecular weight is 464 g/mol. The minimum absolute atomic E-state index is 0.146. The molecule has 0 saturated carbocycles. The zero-order valence-electron chi connectivity index (χ0n) is 18.7. The lowest BCUT2D eigenvalue weighted by atomic mass is 10.1. The van der Waals surface area contributed by atoms with Gasteiger partial charge < -0.3 is 14.4 Å². The van der Waals surface area contributed by atoms with Crippen LogP contribution in [-0.2, 0) is 6.54 Å². The van der Waals surface area contributed by atoms with Gasteiger partial charge in [-0.05, 0) is 43.8 Å². The van der Waals surface area contributed by atoms with E-state index in [2.05, 4.69) is 34.1 Å². The van der Waals surface area contributed by atoms with Crippen molar-refractivity contribution >= 4 is 28.2 Å². The highest BCUT2D eigenvalue weighted by Gasteiger charge is 2.19. The molecule has 4 aromatic rings. The minimum Gasteiger partial charge on any atom is -0.369 e. The Bertz CT molecular complexity index is 1440. The summed E-state index contributed by atoms with van der Waals surface area (Å²) in [6, 6.07) is 16.8. The Morgan fingerprint density at radius 1 is 0.970 bits per heavy atom. The maximum atomic E-state index is 13.3. The summed E-state index contributed by atoms with van der Waals surface area (Å²) in [4.78, 5) is 31.1. The summed E-state index contributed by atoms with van der Waals surface area (Å²) >= 11 is 6.11. The van der Waals surface area contributed by atoms with Gasteiger partial charge in [0.05, 0.1) is 23.1 Å². The van der Waals surface area contributed by atoms with Crippen LogP contribution in [0.5, 0.6) is 0 Å². The van der Waals surface area contributed by atoms with Crippen LogP contribution in [0.1, 0.15) is 11.3 Å². The van der Waals surface area contributed by atoms with Gasteiger partial charge in [-0.2, -0.15) is 0 Å². The van der Waals surface area contributed by atoms with E-state index in [4.69, 9.17) is 11.6 Å². The van der Waals surface area contributed by atoms with Gasteiger partial charge in [-0.3, -0.25) is 14.7 Å². The van der Waals surface area contributed by atoms with Crippen molar-refractivity contribution in [3.05, 3.63) is 91.6 Å². The molecule has 1 fully saturated rings. The van der Waals surface area contributed by atoms with Crippen molar-refractivity contribution in [1.29, 1.82) is 0 Å². The maximum Gasteiger partial charge on any atom is 0.280 e. The third kappa shape index (κ3) is 3.98. The van der Waals surface area contributed by atoms with E-state index in [9.17, 15) is 9.59 Å². The van der Waals surface area contributed by atoms with Gasteiger partial charge in [-0.1, -0.05) is 35.9 Å². The quantitative estimate of drug-likeness (QED) is 0.504. The number of hydrogen-bond acceptors (Lipinski definition) is 4. The number of likely N-dealkylation sites (N-methyl/N-ethyl adjacent to an activating group) is 1. The molecule has 33 heavy (non-hydrogen) atoms. The number of piperazine rings is 1. The van der Waals surface area contributed by atoms with Crippen molar-refractivity contribution in [3.63, 3.8) is 0 Å². The van der Waals surface area contributed by atoms with Crippen LogP contribution >= 0.6 is 11.6 Å². The molecule has 0 atom stereocenters. The molecule has 3 heterocycles. The van der Waals surface area contributed by atoms with Gasteiger partial charge in [0.15, 0.2) is 0 Å². The lowest BCUT2D eigenvalue weighted by Crippen LogP contribution is -2.44. The van der Waals surface area contributed by atoms with Crippen LogP contribution in [0.15, 0.2) is 64.2 Å². The Morgan fingerprint density at radius 2 is 1.73 bits per heavy atom. The van der Waals surface area contributed by atoms with Gasteiger partial charge in [0.1, 0.15) is 0 Å². The van der Waals surface area contributed by atoms with Crippen molar-refractivity contribution in [3.8, 4) is 5.69 Å². The molecule has 0 amide bonds. The van der Waals surface area contributed by atoms with E-state index in [0.717, 1.165) is 37.4 Å². The van der Waals surface area contributed by atoms with E-state index in [0.29, 0.717) is 33.9 Å². The molecule has 0 bridgehead atoms. The van der Waals surface area contributed by atoms with E-state index in [1.165, 1.54) is 10.7 Å². The molecule has 5 rings (SSSR count). The van der Waals surface area contributed by atoms with Gasteiger partial charge in [-0.25, -0.2) is 4.68 Å². The predicted molar refractivity (Wildman–Crippen MR) is 133 cm³/mol. The van der Waals surface area contributed by atoms with Crippen LogP contribution in [-0.4, -0.2) is 52.5 Å². The summed E-state index contributed by atoms with van der Waals surface area (Å²) in [6.07, 6.45) is 0. The van der Waals surface area contributed by atoms with Crippen LogP contribution in [0, 0.1) is 6.92 Å². The summed E-state index contributed by atoms with van der Waals surface area (Å²) in [6.45, 7) is 6.15. The summed E-state index contributed by atoms with van der Waals surface area (Å²) in [5, 5.41) is 4.11. The minimum atomic E-state index is -0.203. The van der Waals surface area contributed by atoms with Crippen molar-refractivity contribution in [1.82, 2.24) is 19.2 Å². The van der Waals surface area contributed by atoms with Crippen molar-refractivity contribution in [2.75, 3.05) is 38.1 Å². The van der Waals surface area contributed by atoms with Crippen LogP contribution in [0.4, 0.5) is 5.69 Å². The number of aromatic amines is 1. The number of nitrogens with zero attached hydrogens (tertiary/aromatic N) is 4. The standard InChI is InChI=1S/C25H26ClN5O2/c1-17-24-21(27-31(25(24)33)20-8-5-7-19(26)14-20)15-23(32)30(17)16-18-6-3-4-9-22(18)29-12-10-28(2)11-13-29/h3-9,14-15,27H,10-13,16H2,1-2H3. The number of rotatable bonds is 4. The molecule has 0 unspecified atom stereocenters. The number of hydrogen-bond donors (Lipinski definition) is 1. The number of para-hydroxylation sites is 1. The molecule has 1 saturated heterocycles. The van der Waals surface area contributed by atoms with Crippen molar-refractivity contribution < 1.29 is 0 Å². The normalized spacial score (nSPS) is 14.8. The van der Waals surface area contributed by atoms with Crippen molar-refractivity contribution in [2.24, 2.45) is 0 Å². The van der Waals surface area contributed by atoms with Crippen LogP contribution in [0.2, 0.25) is 5.02 Å². The molecule has 170 valence electrons. The van der Waals surface area contributed by atoms with Crippen LogP contribution in [0.3, 0.4) is 0 Å². The lowest BCUT2D eigenvalue weighted by Gasteiger charge is -2.35. The molecule has 0 radical (unpaired) electrons. The number of pyridine rings is 1. The van der Waals surface area contributed by atoms with Gasteiger partial charge in [-0.15, -0.1) is 0 Å². The number of aryl methyl sites for hydroxylation is 1. The first-order valence-electron chi connectivity index (χ1n) is 11.0. The topological polar surface area (TPSA) is 66.3 Å². The fourth-order valence-electron chi connectivity index (χ4n) is 4.57. The molecular formula is C25H26ClN5O2. The molecule has 0 aliphatic carbocycles. The molecule has 1 aliphatic heterocycles. The van der Waals surface area contributed by atoms with E-state index in [-0.39, 0.29) is 11.1 Å². The molecular weight excluding hydrogens is 438 g/mol. The monoisotopic (exact) mass is 463 g/mol. The van der Waals surface area contributed by atoms with E-state index in [1.807, 2.05) is 19.1 Å². The first-order chi connectivity index (χ1) is 15.9. The number of fused-ring (bicyclic) bond motifs is 1. The maximum absolute atomic E-state index is 13.3. The van der Waals surface area contributed by atoms with Gasteiger partial charge in [0.2, 0.25) is 0 Å². The Labute approximate surface area is 196 Å². The highest BCUT2D eigenvalue weighted by molar-refractivity contribution is 6.30. The number of H-pyrrole nitrogens is 1. The average Bonchev–Trinajstić information content (AvgIpc) is 3.13. The Morgan fingerprint density at radius 3 is 2.48 bits per heavy atom. The van der Waals surface area contributed by atoms with E-state index < -0.39 is 0 Å². The zero-order chi connectivity index (χ0) is 23.1. The predicted octanol–water partition coefficient (Wildman–Crippen LogP) is 3.24. The number of benzene rings is 2. The molecule has 1 N–H and O–H groups in total. The molecule has 2 aromatic carbocycles. The van der Waals surface area contributed by atoms with Gasteiger partial charge in [0, 0.05) is 48.6 Å². The second kappa shape index (κ2) is 8.57. The lowest BCUT2D eigenvalue weighted by molar-refractivity contribution is 0.312. The molecule has 0 spiro atoms. The smallest absolute Gasteiger partial charge is 0.280 e. The number of aromatic nitrogens is 3. The molecule has 7 nitrogen and oxygen atoms in total. The summed E-state index contributed by atoms with van der Waals surface area (Å²) < 4.78 is 3.13. The largest absolute Gasteiger partial charge is 0.369 e.